The molecule has 0 aromatic heterocycles. The van der Waals surface area contributed by atoms with Crippen molar-refractivity contribution in [3.8, 4) is 0 Å². The molecule has 0 spiro atoms. The van der Waals surface area contributed by atoms with Crippen LogP contribution in [0.1, 0.15) is 45.6 Å². The summed E-state index contributed by atoms with van der Waals surface area (Å²) in [7, 11) is -3.38. The number of piperazine rings is 1. The molecule has 1 aromatic carbocycles. The lowest BCUT2D eigenvalue weighted by Gasteiger charge is -2.44. The number of benzene rings is 1. The summed E-state index contributed by atoms with van der Waals surface area (Å²) < 4.78 is 46.0. The number of sulfonamides is 1. The summed E-state index contributed by atoms with van der Waals surface area (Å²) >= 11 is 0. The molecule has 29 heavy (non-hydrogen) atoms. The van der Waals surface area contributed by atoms with Crippen molar-refractivity contribution < 1.29 is 22.3 Å². The number of rotatable bonds is 3. The monoisotopic (exact) mass is 427 g/mol. The van der Waals surface area contributed by atoms with Crippen molar-refractivity contribution in [3.05, 3.63) is 29.6 Å². The summed E-state index contributed by atoms with van der Waals surface area (Å²) in [5.74, 6) is -0.320. The number of anilines is 1. The lowest BCUT2D eigenvalue weighted by molar-refractivity contribution is -0.00326. The van der Waals surface area contributed by atoms with Crippen molar-refractivity contribution in [2.45, 2.75) is 64.1 Å². The van der Waals surface area contributed by atoms with Crippen LogP contribution >= 0.6 is 0 Å². The van der Waals surface area contributed by atoms with E-state index in [4.69, 9.17) is 10.5 Å². The average Bonchev–Trinajstić information content (AvgIpc) is 2.71. The molecule has 2 N–H and O–H groups in total. The maximum Gasteiger partial charge on any atom is 0.410 e. The molecule has 9 heteroatoms. The van der Waals surface area contributed by atoms with Crippen LogP contribution in [-0.4, -0.2) is 60.2 Å². The minimum atomic E-state index is -3.38. The van der Waals surface area contributed by atoms with Crippen molar-refractivity contribution in [1.29, 1.82) is 0 Å². The Morgan fingerprint density at radius 3 is 2.69 bits per heavy atom. The lowest BCUT2D eigenvalue weighted by Crippen LogP contribution is -2.60. The van der Waals surface area contributed by atoms with Gasteiger partial charge in [-0.1, -0.05) is 6.07 Å². The number of hydrogen-bond acceptors (Lipinski definition) is 5. The first-order valence-electron chi connectivity index (χ1n) is 9.99. The van der Waals surface area contributed by atoms with Gasteiger partial charge in [0.2, 0.25) is 10.0 Å². The van der Waals surface area contributed by atoms with Gasteiger partial charge in [-0.05, 0) is 64.2 Å². The fraction of sp³-hybridized carbons (Fsp3) is 0.650. The highest BCUT2D eigenvalue weighted by atomic mass is 32.2. The molecule has 3 rings (SSSR count). The van der Waals surface area contributed by atoms with Crippen LogP contribution in [0.15, 0.2) is 18.2 Å². The second-order valence-electron chi connectivity index (χ2n) is 8.85. The Morgan fingerprint density at radius 2 is 2.03 bits per heavy atom. The maximum atomic E-state index is 13.3. The summed E-state index contributed by atoms with van der Waals surface area (Å²) in [6, 6.07) is 3.68. The number of nitrogen functional groups attached to an aromatic ring is 1. The first-order chi connectivity index (χ1) is 13.5. The Labute approximate surface area is 172 Å². The van der Waals surface area contributed by atoms with Gasteiger partial charge in [-0.25, -0.2) is 17.6 Å². The summed E-state index contributed by atoms with van der Waals surface area (Å²) in [5, 5.41) is 0. The normalized spacial score (nSPS) is 26.6. The molecule has 2 aliphatic rings. The third kappa shape index (κ3) is 5.19. The number of hydrogen-bond donors (Lipinski definition) is 1. The molecule has 2 bridgehead atoms. The quantitative estimate of drug-likeness (QED) is 0.749. The van der Waals surface area contributed by atoms with Crippen molar-refractivity contribution >= 4 is 21.8 Å². The summed E-state index contributed by atoms with van der Waals surface area (Å²) in [6.07, 6.45) is 1.72. The molecular formula is C20H30FN3O4S. The van der Waals surface area contributed by atoms with E-state index in [-0.39, 0.29) is 30.9 Å². The van der Waals surface area contributed by atoms with Crippen molar-refractivity contribution in [3.63, 3.8) is 0 Å². The number of ether oxygens (including phenoxy) is 1. The Balaban J connectivity index is 1.81. The summed E-state index contributed by atoms with van der Waals surface area (Å²) in [6.45, 7) is 6.00. The van der Waals surface area contributed by atoms with Crippen molar-refractivity contribution in [2.24, 2.45) is 0 Å². The van der Waals surface area contributed by atoms with Crippen LogP contribution in [0.5, 0.6) is 0 Å². The van der Waals surface area contributed by atoms with Crippen LogP contribution in [0.2, 0.25) is 0 Å². The zero-order valence-corrected chi connectivity index (χ0v) is 18.0. The number of nitrogens with zero attached hydrogens (tertiary/aromatic N) is 2. The number of nitrogens with two attached hydrogens (primary N) is 1. The number of carbonyl (C=O) groups excluding carboxylic acids is 1. The molecule has 7 nitrogen and oxygen atoms in total. The van der Waals surface area contributed by atoms with Gasteiger partial charge in [0.05, 0.1) is 5.75 Å². The number of aryl methyl sites for hydroxylation is 1. The molecule has 0 radical (unpaired) electrons. The van der Waals surface area contributed by atoms with Gasteiger partial charge in [-0.15, -0.1) is 0 Å². The largest absolute Gasteiger partial charge is 0.444 e. The number of amides is 1. The SMILES string of the molecule is CC(C)(C)OC(=O)N1C[C@H](CCc2ccc(F)cc2N)N2C[C@H]1CCCS2(=O)=O. The van der Waals surface area contributed by atoms with E-state index in [1.165, 1.54) is 12.1 Å². The van der Waals surface area contributed by atoms with E-state index < -0.39 is 27.5 Å². The predicted molar refractivity (Wildman–Crippen MR) is 109 cm³/mol. The molecular weight excluding hydrogens is 397 g/mol. The molecule has 0 saturated carbocycles. The zero-order chi connectivity index (χ0) is 21.4. The average molecular weight is 428 g/mol. The fourth-order valence-corrected chi connectivity index (χ4v) is 5.82. The standard InChI is InChI=1S/C20H30FN3O4S/c1-20(2,3)28-19(25)23-12-17(9-7-14-6-8-15(21)11-18(14)22)24-13-16(23)5-4-10-29(24,26)27/h6,8,11,16-17H,4-5,7,9-10,12-13,22H2,1-3H3/t16-,17+/m1/s1. The van der Waals surface area contributed by atoms with Crippen molar-refractivity contribution in [2.75, 3.05) is 24.6 Å². The van der Waals surface area contributed by atoms with Gasteiger partial charge in [0.1, 0.15) is 11.4 Å². The van der Waals surface area contributed by atoms with E-state index in [1.807, 2.05) is 20.8 Å². The molecule has 3 atom stereocenters. The molecule has 2 heterocycles. The minimum absolute atomic E-state index is 0.0842. The van der Waals surface area contributed by atoms with Crippen LogP contribution in [-0.2, 0) is 21.2 Å². The van der Waals surface area contributed by atoms with E-state index in [9.17, 15) is 17.6 Å². The van der Waals surface area contributed by atoms with Crippen LogP contribution in [0.25, 0.3) is 0 Å². The van der Waals surface area contributed by atoms with E-state index >= 15 is 0 Å². The van der Waals surface area contributed by atoms with Gasteiger partial charge in [-0.2, -0.15) is 4.31 Å². The molecule has 2 fully saturated rings. The fourth-order valence-electron chi connectivity index (χ4n) is 4.02. The van der Waals surface area contributed by atoms with E-state index in [1.54, 1.807) is 15.3 Å². The molecule has 1 aromatic rings. The highest BCUT2D eigenvalue weighted by molar-refractivity contribution is 7.89. The third-order valence-corrected chi connectivity index (χ3v) is 7.39. The zero-order valence-electron chi connectivity index (χ0n) is 17.2. The Morgan fingerprint density at radius 1 is 1.31 bits per heavy atom. The first-order valence-corrected chi connectivity index (χ1v) is 11.6. The van der Waals surface area contributed by atoms with Crippen molar-refractivity contribution in [1.82, 2.24) is 9.21 Å². The van der Waals surface area contributed by atoms with Gasteiger partial charge in [0.25, 0.3) is 0 Å². The molecule has 0 aliphatic carbocycles. The Hall–Kier alpha value is -1.87. The van der Waals surface area contributed by atoms with E-state index in [0.29, 0.717) is 31.4 Å². The number of fused-ring (bicyclic) bond motifs is 2. The molecule has 162 valence electrons. The van der Waals surface area contributed by atoms with Gasteiger partial charge < -0.3 is 15.4 Å². The second kappa shape index (κ2) is 8.10. The molecule has 1 amide bonds. The first kappa shape index (κ1) is 21.8. The Bertz CT molecular complexity index is 869. The summed E-state index contributed by atoms with van der Waals surface area (Å²) in [4.78, 5) is 14.5. The number of carbonyl (C=O) groups is 1. The highest BCUT2D eigenvalue weighted by Crippen LogP contribution is 2.30. The highest BCUT2D eigenvalue weighted by Gasteiger charge is 2.44. The molecule has 2 saturated heterocycles. The van der Waals surface area contributed by atoms with Gasteiger partial charge in [0.15, 0.2) is 0 Å². The van der Waals surface area contributed by atoms with Gasteiger partial charge in [0, 0.05) is 30.9 Å². The topological polar surface area (TPSA) is 92.9 Å². The smallest absolute Gasteiger partial charge is 0.410 e. The van der Waals surface area contributed by atoms with Crippen LogP contribution in [0.4, 0.5) is 14.9 Å². The van der Waals surface area contributed by atoms with Crippen LogP contribution in [0.3, 0.4) is 0 Å². The van der Waals surface area contributed by atoms with Crippen LogP contribution in [0, 0.1) is 5.82 Å². The maximum absolute atomic E-state index is 13.3. The predicted octanol–water partition coefficient (Wildman–Crippen LogP) is 2.75. The Kier molecular flexibility index (Phi) is 6.10. The lowest BCUT2D eigenvalue weighted by atomic mass is 9.99. The van der Waals surface area contributed by atoms with E-state index in [0.717, 1.165) is 5.56 Å². The molecule has 2 aliphatic heterocycles. The van der Waals surface area contributed by atoms with E-state index in [2.05, 4.69) is 0 Å². The molecule has 1 unspecified atom stereocenters. The summed E-state index contributed by atoms with van der Waals surface area (Å²) in [5.41, 5.74) is 6.40. The minimum Gasteiger partial charge on any atom is -0.444 e. The second-order valence-corrected chi connectivity index (χ2v) is 10.9. The number of halogens is 1. The van der Waals surface area contributed by atoms with Gasteiger partial charge in [-0.3, -0.25) is 0 Å². The van der Waals surface area contributed by atoms with Gasteiger partial charge >= 0.3 is 6.09 Å². The third-order valence-electron chi connectivity index (χ3n) is 5.43. The van der Waals surface area contributed by atoms with Crippen LogP contribution < -0.4 is 5.73 Å².